The highest BCUT2D eigenvalue weighted by atomic mass is 19.2. The summed E-state index contributed by atoms with van der Waals surface area (Å²) < 4.78 is 29.1. The third kappa shape index (κ3) is 5.15. The Morgan fingerprint density at radius 3 is 2.00 bits per heavy atom. The number of rotatable bonds is 6. The molecule has 2 saturated carbocycles. The summed E-state index contributed by atoms with van der Waals surface area (Å²) in [5, 5.41) is 0. The Hall–Kier alpha value is -1.44. The first-order valence-electron chi connectivity index (χ1n) is 12.9. The summed E-state index contributed by atoms with van der Waals surface area (Å²) in [5.74, 6) is 2.93. The second kappa shape index (κ2) is 10.5. The summed E-state index contributed by atoms with van der Waals surface area (Å²) in [4.78, 5) is 0. The molecule has 2 heteroatoms. The van der Waals surface area contributed by atoms with Crippen molar-refractivity contribution in [2.75, 3.05) is 0 Å². The molecule has 1 unspecified atom stereocenters. The van der Waals surface area contributed by atoms with Gasteiger partial charge in [-0.1, -0.05) is 37.6 Å². The maximum absolute atomic E-state index is 14.7. The van der Waals surface area contributed by atoms with Crippen molar-refractivity contribution in [2.45, 2.75) is 90.4 Å². The lowest BCUT2D eigenvalue weighted by Gasteiger charge is -2.40. The summed E-state index contributed by atoms with van der Waals surface area (Å²) in [6.45, 7) is 5.98. The first kappa shape index (κ1) is 22.7. The van der Waals surface area contributed by atoms with E-state index in [2.05, 4.69) is 18.7 Å². The van der Waals surface area contributed by atoms with Crippen molar-refractivity contribution in [3.8, 4) is 0 Å². The molecule has 170 valence electrons. The molecule has 1 atom stereocenters. The van der Waals surface area contributed by atoms with Crippen molar-refractivity contribution in [3.63, 3.8) is 0 Å². The van der Waals surface area contributed by atoms with Gasteiger partial charge in [-0.2, -0.15) is 0 Å². The highest BCUT2D eigenvalue weighted by Gasteiger charge is 2.33. The molecular formula is C29H40F2. The van der Waals surface area contributed by atoms with Gasteiger partial charge in [0.25, 0.3) is 0 Å². The van der Waals surface area contributed by atoms with Crippen molar-refractivity contribution in [1.82, 2.24) is 0 Å². The van der Waals surface area contributed by atoms with Gasteiger partial charge in [-0.15, -0.1) is 6.58 Å². The molecule has 0 amide bonds. The van der Waals surface area contributed by atoms with Crippen LogP contribution in [0.3, 0.4) is 0 Å². The molecular weight excluding hydrogens is 386 g/mol. The van der Waals surface area contributed by atoms with E-state index < -0.39 is 11.6 Å². The Morgan fingerprint density at radius 2 is 1.45 bits per heavy atom. The van der Waals surface area contributed by atoms with E-state index in [1.54, 1.807) is 6.07 Å². The molecule has 31 heavy (non-hydrogen) atoms. The van der Waals surface area contributed by atoms with Gasteiger partial charge in [0, 0.05) is 5.56 Å². The van der Waals surface area contributed by atoms with Crippen LogP contribution in [0.4, 0.5) is 8.78 Å². The van der Waals surface area contributed by atoms with Crippen LogP contribution in [0.15, 0.2) is 30.9 Å². The minimum atomic E-state index is -0.637. The molecule has 0 heterocycles. The van der Waals surface area contributed by atoms with E-state index in [0.717, 1.165) is 60.8 Å². The molecule has 1 aromatic rings. The zero-order valence-corrected chi connectivity index (χ0v) is 19.4. The number of hydrogen-bond acceptors (Lipinski definition) is 0. The summed E-state index contributed by atoms with van der Waals surface area (Å²) in [6.07, 6.45) is 19.9. The van der Waals surface area contributed by atoms with Crippen LogP contribution in [-0.4, -0.2) is 0 Å². The Morgan fingerprint density at radius 1 is 0.839 bits per heavy atom. The second-order valence-corrected chi connectivity index (χ2v) is 10.5. The van der Waals surface area contributed by atoms with Gasteiger partial charge in [-0.3, -0.25) is 0 Å². The van der Waals surface area contributed by atoms with E-state index in [1.807, 2.05) is 13.0 Å². The number of allylic oxidation sites excluding steroid dienone is 3. The van der Waals surface area contributed by atoms with Crippen LogP contribution in [0.2, 0.25) is 0 Å². The Balaban J connectivity index is 1.30. The van der Waals surface area contributed by atoms with Gasteiger partial charge in [0.15, 0.2) is 11.6 Å². The van der Waals surface area contributed by atoms with Gasteiger partial charge >= 0.3 is 0 Å². The SMILES string of the molecule is C=CC1CCC(C2CCC(C3CC=C(c4ccc(CCC)c(F)c4F)CC3)CC2)CC1. The monoisotopic (exact) mass is 426 g/mol. The first-order chi connectivity index (χ1) is 15.1. The van der Waals surface area contributed by atoms with E-state index in [0.29, 0.717) is 17.5 Å². The average Bonchev–Trinajstić information content (AvgIpc) is 2.83. The standard InChI is InChI=1S/C29H40F2/c1-3-5-26-18-19-27(29(31)28(26)30)25-16-14-24(15-17-25)23-12-10-22(11-13-23)21-8-6-20(4-2)7-9-21/h4,16,18-24H,2-3,5-15,17H2,1H3. The smallest absolute Gasteiger partial charge is 0.166 e. The van der Waals surface area contributed by atoms with Gasteiger partial charge in [0.05, 0.1) is 0 Å². The van der Waals surface area contributed by atoms with E-state index >= 15 is 0 Å². The van der Waals surface area contributed by atoms with E-state index in [1.165, 1.54) is 51.4 Å². The molecule has 0 saturated heterocycles. The summed E-state index contributed by atoms with van der Waals surface area (Å²) in [6, 6.07) is 3.59. The van der Waals surface area contributed by atoms with Crippen LogP contribution in [0, 0.1) is 41.2 Å². The largest absolute Gasteiger partial charge is 0.203 e. The van der Waals surface area contributed by atoms with Gasteiger partial charge in [-0.05, 0) is 118 Å². The summed E-state index contributed by atoms with van der Waals surface area (Å²) in [5.41, 5.74) is 2.02. The zero-order chi connectivity index (χ0) is 21.8. The lowest BCUT2D eigenvalue weighted by atomic mass is 9.66. The van der Waals surface area contributed by atoms with Gasteiger partial charge in [0.1, 0.15) is 0 Å². The summed E-state index contributed by atoms with van der Waals surface area (Å²) >= 11 is 0. The second-order valence-electron chi connectivity index (χ2n) is 10.5. The van der Waals surface area contributed by atoms with Gasteiger partial charge in [0.2, 0.25) is 0 Å². The van der Waals surface area contributed by atoms with Crippen molar-refractivity contribution in [3.05, 3.63) is 53.6 Å². The zero-order valence-electron chi connectivity index (χ0n) is 19.4. The van der Waals surface area contributed by atoms with Crippen LogP contribution < -0.4 is 0 Å². The predicted octanol–water partition coefficient (Wildman–Crippen LogP) is 8.90. The van der Waals surface area contributed by atoms with Gasteiger partial charge < -0.3 is 0 Å². The lowest BCUT2D eigenvalue weighted by molar-refractivity contribution is 0.128. The van der Waals surface area contributed by atoms with Crippen LogP contribution in [0.1, 0.15) is 95.1 Å². The quantitative estimate of drug-likeness (QED) is 0.398. The maximum atomic E-state index is 14.7. The maximum Gasteiger partial charge on any atom is 0.166 e. The van der Waals surface area contributed by atoms with E-state index in [-0.39, 0.29) is 0 Å². The highest BCUT2D eigenvalue weighted by Crippen LogP contribution is 2.46. The lowest BCUT2D eigenvalue weighted by Crippen LogP contribution is -2.28. The van der Waals surface area contributed by atoms with Crippen molar-refractivity contribution < 1.29 is 8.78 Å². The molecule has 3 aliphatic carbocycles. The van der Waals surface area contributed by atoms with E-state index in [4.69, 9.17) is 0 Å². The molecule has 2 fully saturated rings. The van der Waals surface area contributed by atoms with Crippen molar-refractivity contribution in [2.24, 2.45) is 29.6 Å². The Bertz CT molecular complexity index is 776. The third-order valence-corrected chi connectivity index (χ3v) is 8.78. The molecule has 1 aromatic carbocycles. The first-order valence-corrected chi connectivity index (χ1v) is 12.9. The molecule has 0 radical (unpaired) electrons. The molecule has 0 spiro atoms. The van der Waals surface area contributed by atoms with E-state index in [9.17, 15) is 8.78 Å². The fraction of sp³-hybridized carbons (Fsp3) is 0.655. The number of benzene rings is 1. The molecule has 0 N–H and O–H groups in total. The highest BCUT2D eigenvalue weighted by molar-refractivity contribution is 5.67. The van der Waals surface area contributed by atoms with Crippen LogP contribution in [0.25, 0.3) is 5.57 Å². The molecule has 0 nitrogen and oxygen atoms in total. The molecule has 0 aliphatic heterocycles. The van der Waals surface area contributed by atoms with Crippen LogP contribution >= 0.6 is 0 Å². The number of aryl methyl sites for hydroxylation is 1. The van der Waals surface area contributed by atoms with Crippen molar-refractivity contribution >= 4 is 5.57 Å². The fourth-order valence-electron chi connectivity index (χ4n) is 6.77. The fourth-order valence-corrected chi connectivity index (χ4v) is 6.77. The average molecular weight is 427 g/mol. The number of halogens is 2. The molecule has 4 rings (SSSR count). The van der Waals surface area contributed by atoms with Crippen molar-refractivity contribution in [1.29, 1.82) is 0 Å². The summed E-state index contributed by atoms with van der Waals surface area (Å²) in [7, 11) is 0. The Kier molecular flexibility index (Phi) is 7.67. The minimum absolute atomic E-state index is 0.495. The molecule has 0 aromatic heterocycles. The Labute approximate surface area is 188 Å². The number of hydrogen-bond donors (Lipinski definition) is 0. The normalized spacial score (nSPS) is 31.8. The van der Waals surface area contributed by atoms with Crippen LogP contribution in [0.5, 0.6) is 0 Å². The molecule has 3 aliphatic rings. The van der Waals surface area contributed by atoms with Crippen LogP contribution in [-0.2, 0) is 6.42 Å². The predicted molar refractivity (Wildman–Crippen MR) is 127 cm³/mol. The van der Waals surface area contributed by atoms with Gasteiger partial charge in [-0.25, -0.2) is 8.78 Å². The topological polar surface area (TPSA) is 0 Å². The molecule has 0 bridgehead atoms. The third-order valence-electron chi connectivity index (χ3n) is 8.78. The minimum Gasteiger partial charge on any atom is -0.203 e.